The first-order valence-corrected chi connectivity index (χ1v) is 3.81. The summed E-state index contributed by atoms with van der Waals surface area (Å²) in [5.41, 5.74) is 0.280. The molecule has 1 aromatic rings. The minimum Gasteiger partial charge on any atom is -0.465 e. The number of rotatable bonds is 2. The molecular formula is C8H6N2O2S. The summed E-state index contributed by atoms with van der Waals surface area (Å²) >= 11 is 4.41. The van der Waals surface area contributed by atoms with E-state index in [1.54, 1.807) is 12.1 Å². The van der Waals surface area contributed by atoms with Crippen LogP contribution in [0.2, 0.25) is 0 Å². The number of nitrogens with zero attached hydrogens (tertiary/aromatic N) is 2. The summed E-state index contributed by atoms with van der Waals surface area (Å²) < 4.78 is 4.52. The Labute approximate surface area is 80.3 Å². The molecule has 0 aromatic carbocycles. The summed E-state index contributed by atoms with van der Waals surface area (Å²) in [5, 5.41) is 2.14. The van der Waals surface area contributed by atoms with Crippen molar-refractivity contribution in [3.8, 4) is 0 Å². The molecule has 0 aliphatic heterocycles. The van der Waals surface area contributed by atoms with E-state index in [-0.39, 0.29) is 11.4 Å². The average molecular weight is 194 g/mol. The second-order valence-electron chi connectivity index (χ2n) is 2.07. The molecule has 4 nitrogen and oxygen atoms in total. The molecule has 0 unspecified atom stereocenters. The Kier molecular flexibility index (Phi) is 3.25. The number of carbonyl (C=O) groups is 1. The fraction of sp³-hybridized carbons (Fsp3) is 0.125. The molecule has 0 aliphatic carbocycles. The van der Waals surface area contributed by atoms with Gasteiger partial charge in [-0.15, -0.1) is 0 Å². The van der Waals surface area contributed by atoms with Gasteiger partial charge in [0.15, 0.2) is 5.82 Å². The lowest BCUT2D eigenvalue weighted by Gasteiger charge is -1.99. The number of hydrogen-bond acceptors (Lipinski definition) is 5. The summed E-state index contributed by atoms with van der Waals surface area (Å²) in [6.07, 6.45) is 1.51. The van der Waals surface area contributed by atoms with E-state index in [0.717, 1.165) is 0 Å². The van der Waals surface area contributed by atoms with E-state index in [4.69, 9.17) is 0 Å². The summed E-state index contributed by atoms with van der Waals surface area (Å²) in [6.45, 7) is 0. The van der Waals surface area contributed by atoms with Crippen LogP contribution in [0, 0.1) is 0 Å². The number of hydrogen-bond donors (Lipinski definition) is 0. The van der Waals surface area contributed by atoms with E-state index >= 15 is 0 Å². The van der Waals surface area contributed by atoms with E-state index in [1.807, 2.05) is 0 Å². The van der Waals surface area contributed by atoms with Crippen molar-refractivity contribution in [2.45, 2.75) is 0 Å². The number of aliphatic imine (C=N–C) groups is 1. The van der Waals surface area contributed by atoms with E-state index in [9.17, 15) is 4.79 Å². The number of carbonyl (C=O) groups excluding carboxylic acids is 1. The van der Waals surface area contributed by atoms with E-state index in [0.29, 0.717) is 0 Å². The Morgan fingerprint density at radius 3 is 3.15 bits per heavy atom. The van der Waals surface area contributed by atoms with Crippen molar-refractivity contribution in [3.63, 3.8) is 0 Å². The molecule has 5 heteroatoms. The SMILES string of the molecule is COC(=O)c1cccnc1N=C=S. The lowest BCUT2D eigenvalue weighted by atomic mass is 10.2. The zero-order valence-corrected chi connectivity index (χ0v) is 7.67. The van der Waals surface area contributed by atoms with Gasteiger partial charge in [-0.3, -0.25) is 0 Å². The van der Waals surface area contributed by atoms with Gasteiger partial charge in [0, 0.05) is 6.20 Å². The molecule has 66 valence electrons. The summed E-state index contributed by atoms with van der Waals surface area (Å²) in [4.78, 5) is 18.6. The second kappa shape index (κ2) is 4.45. The Morgan fingerprint density at radius 1 is 1.77 bits per heavy atom. The first-order chi connectivity index (χ1) is 6.29. The molecular weight excluding hydrogens is 188 g/mol. The molecule has 1 rings (SSSR count). The van der Waals surface area contributed by atoms with Crippen LogP contribution in [-0.4, -0.2) is 23.2 Å². The zero-order valence-electron chi connectivity index (χ0n) is 6.85. The fourth-order valence-corrected chi connectivity index (χ4v) is 0.885. The van der Waals surface area contributed by atoms with Crippen LogP contribution in [0.1, 0.15) is 10.4 Å². The van der Waals surface area contributed by atoms with Crippen LogP contribution in [0.15, 0.2) is 23.3 Å². The number of aromatic nitrogens is 1. The molecule has 0 saturated carbocycles. The van der Waals surface area contributed by atoms with Crippen molar-refractivity contribution in [2.24, 2.45) is 4.99 Å². The molecule has 0 fully saturated rings. The quantitative estimate of drug-likeness (QED) is 0.407. The predicted molar refractivity (Wildman–Crippen MR) is 50.3 cm³/mol. The summed E-state index contributed by atoms with van der Waals surface area (Å²) in [5.74, 6) is -0.263. The lowest BCUT2D eigenvalue weighted by molar-refractivity contribution is 0.0601. The van der Waals surface area contributed by atoms with Gasteiger partial charge in [-0.25, -0.2) is 9.78 Å². The number of ether oxygens (including phenoxy) is 1. The number of pyridine rings is 1. The lowest BCUT2D eigenvalue weighted by Crippen LogP contribution is -2.01. The zero-order chi connectivity index (χ0) is 9.68. The average Bonchev–Trinajstić information content (AvgIpc) is 2.18. The summed E-state index contributed by atoms with van der Waals surface area (Å²) in [7, 11) is 1.29. The highest BCUT2D eigenvalue weighted by molar-refractivity contribution is 7.78. The van der Waals surface area contributed by atoms with Crippen molar-refractivity contribution in [1.29, 1.82) is 0 Å². The third-order valence-corrected chi connectivity index (χ3v) is 1.43. The van der Waals surface area contributed by atoms with Crippen molar-refractivity contribution < 1.29 is 9.53 Å². The van der Waals surface area contributed by atoms with Crippen LogP contribution in [0.3, 0.4) is 0 Å². The fourth-order valence-electron chi connectivity index (χ4n) is 0.799. The molecule has 0 atom stereocenters. The first kappa shape index (κ1) is 9.51. The van der Waals surface area contributed by atoms with Gasteiger partial charge in [0.05, 0.1) is 12.3 Å². The van der Waals surface area contributed by atoms with Crippen molar-refractivity contribution in [1.82, 2.24) is 4.98 Å². The van der Waals surface area contributed by atoms with Crippen LogP contribution < -0.4 is 0 Å². The van der Waals surface area contributed by atoms with Gasteiger partial charge in [0.25, 0.3) is 0 Å². The Morgan fingerprint density at radius 2 is 2.54 bits per heavy atom. The van der Waals surface area contributed by atoms with Gasteiger partial charge < -0.3 is 4.74 Å². The maximum atomic E-state index is 11.1. The van der Waals surface area contributed by atoms with Gasteiger partial charge in [0.1, 0.15) is 5.56 Å². The Hall–Kier alpha value is -1.58. The maximum Gasteiger partial charge on any atom is 0.341 e. The molecule has 1 aromatic heterocycles. The van der Waals surface area contributed by atoms with E-state index in [1.165, 1.54) is 13.3 Å². The largest absolute Gasteiger partial charge is 0.465 e. The number of methoxy groups -OCH3 is 1. The van der Waals surface area contributed by atoms with Crippen molar-refractivity contribution in [2.75, 3.05) is 7.11 Å². The maximum absolute atomic E-state index is 11.1. The van der Waals surface area contributed by atoms with E-state index in [2.05, 4.69) is 32.1 Å². The van der Waals surface area contributed by atoms with Gasteiger partial charge in [-0.05, 0) is 24.4 Å². The normalized spacial score (nSPS) is 8.69. The molecule has 0 saturated heterocycles. The van der Waals surface area contributed by atoms with Crippen LogP contribution in [0.25, 0.3) is 0 Å². The topological polar surface area (TPSA) is 51.5 Å². The molecule has 0 spiro atoms. The van der Waals surface area contributed by atoms with Gasteiger partial charge >= 0.3 is 5.97 Å². The third kappa shape index (κ3) is 2.18. The molecule has 1 heterocycles. The standard InChI is InChI=1S/C8H6N2O2S/c1-12-8(11)6-3-2-4-9-7(6)10-5-13/h2-4H,1H3. The van der Waals surface area contributed by atoms with E-state index < -0.39 is 5.97 Å². The molecule has 0 N–H and O–H groups in total. The van der Waals surface area contributed by atoms with Crippen LogP contribution in [0.4, 0.5) is 5.82 Å². The highest BCUT2D eigenvalue weighted by Gasteiger charge is 2.10. The minimum atomic E-state index is -0.489. The van der Waals surface area contributed by atoms with Gasteiger partial charge in [-0.1, -0.05) is 0 Å². The molecule has 0 radical (unpaired) electrons. The minimum absolute atomic E-state index is 0.226. The molecule has 0 aliphatic rings. The molecule has 0 bridgehead atoms. The summed E-state index contributed by atoms with van der Waals surface area (Å²) in [6, 6.07) is 3.18. The molecule has 0 amide bonds. The monoisotopic (exact) mass is 194 g/mol. The van der Waals surface area contributed by atoms with Crippen molar-refractivity contribution >= 4 is 29.2 Å². The van der Waals surface area contributed by atoms with Crippen LogP contribution in [-0.2, 0) is 4.74 Å². The van der Waals surface area contributed by atoms with Gasteiger partial charge in [0.2, 0.25) is 0 Å². The van der Waals surface area contributed by atoms with Gasteiger partial charge in [-0.2, -0.15) is 4.99 Å². The number of esters is 1. The molecule has 13 heavy (non-hydrogen) atoms. The third-order valence-electron chi connectivity index (χ3n) is 1.34. The second-order valence-corrected chi connectivity index (χ2v) is 2.25. The van der Waals surface area contributed by atoms with Crippen LogP contribution >= 0.6 is 12.2 Å². The number of isothiocyanates is 1. The van der Waals surface area contributed by atoms with Crippen LogP contribution in [0.5, 0.6) is 0 Å². The predicted octanol–water partition coefficient (Wildman–Crippen LogP) is 1.60. The smallest absolute Gasteiger partial charge is 0.341 e. The Balaban J connectivity index is 3.18. The Bertz CT molecular complexity index is 372. The first-order valence-electron chi connectivity index (χ1n) is 3.40. The highest BCUT2D eigenvalue weighted by atomic mass is 32.1. The number of thiocarbonyl (C=S) groups is 1. The van der Waals surface area contributed by atoms with Crippen molar-refractivity contribution in [3.05, 3.63) is 23.9 Å². The highest BCUT2D eigenvalue weighted by Crippen LogP contribution is 2.14.